The molecule has 1 aromatic heterocycles. The zero-order chi connectivity index (χ0) is 12.1. The second-order valence-corrected chi connectivity index (χ2v) is 5.06. The van der Waals surface area contributed by atoms with E-state index < -0.39 is 0 Å². The summed E-state index contributed by atoms with van der Waals surface area (Å²) in [7, 11) is 2.05. The third-order valence-corrected chi connectivity index (χ3v) is 3.53. The molecule has 0 amide bonds. The molecule has 1 saturated heterocycles. The molecule has 1 aliphatic rings. The number of imidazole rings is 1. The fourth-order valence-electron chi connectivity index (χ4n) is 2.43. The van der Waals surface area contributed by atoms with E-state index >= 15 is 0 Å². The maximum Gasteiger partial charge on any atom is 0.112 e. The van der Waals surface area contributed by atoms with Gasteiger partial charge in [0.1, 0.15) is 5.82 Å². The number of hydrogen-bond donors (Lipinski definition) is 1. The predicted octanol–water partition coefficient (Wildman–Crippen LogP) is 2.44. The number of nitrogens with one attached hydrogen (secondary N) is 1. The van der Waals surface area contributed by atoms with Crippen molar-refractivity contribution in [3.63, 3.8) is 0 Å². The first-order chi connectivity index (χ1) is 8.25. The van der Waals surface area contributed by atoms with Crippen molar-refractivity contribution in [3.8, 4) is 0 Å². The van der Waals surface area contributed by atoms with Crippen LogP contribution >= 0.6 is 0 Å². The maximum atomic E-state index is 4.34. The highest BCUT2D eigenvalue weighted by atomic mass is 15.0. The van der Waals surface area contributed by atoms with Crippen LogP contribution in [0, 0.1) is 0 Å². The van der Waals surface area contributed by atoms with Crippen molar-refractivity contribution in [1.29, 1.82) is 0 Å². The number of rotatable bonds is 4. The van der Waals surface area contributed by atoms with Gasteiger partial charge in [0.05, 0.1) is 0 Å². The first kappa shape index (κ1) is 12.4. The molecule has 2 heterocycles. The molecule has 1 N–H and O–H groups in total. The molecule has 1 unspecified atom stereocenters. The monoisotopic (exact) mass is 233 g/mol. The van der Waals surface area contributed by atoms with Gasteiger partial charge in [-0.1, -0.05) is 18.1 Å². The number of allylic oxidation sites excluding steroid dienone is 1. The number of nitrogens with zero attached hydrogens (tertiary/aromatic N) is 2. The molecule has 3 heteroatoms. The van der Waals surface area contributed by atoms with Gasteiger partial charge in [-0.2, -0.15) is 0 Å². The van der Waals surface area contributed by atoms with E-state index in [2.05, 4.69) is 27.9 Å². The molecule has 0 saturated carbocycles. The molecule has 0 aliphatic carbocycles. The fraction of sp³-hybridized carbons (Fsp3) is 0.643. The van der Waals surface area contributed by atoms with Gasteiger partial charge in [-0.25, -0.2) is 4.98 Å². The summed E-state index contributed by atoms with van der Waals surface area (Å²) in [5.74, 6) is 1.14. The van der Waals surface area contributed by atoms with Crippen LogP contribution in [0.5, 0.6) is 0 Å². The number of aromatic nitrogens is 2. The molecule has 17 heavy (non-hydrogen) atoms. The molecular formula is C14H23N3. The summed E-state index contributed by atoms with van der Waals surface area (Å²) in [5.41, 5.74) is 1.48. The van der Waals surface area contributed by atoms with Crippen molar-refractivity contribution in [2.24, 2.45) is 7.05 Å². The van der Waals surface area contributed by atoms with Gasteiger partial charge in [0.25, 0.3) is 0 Å². The van der Waals surface area contributed by atoms with Gasteiger partial charge in [-0.05, 0) is 32.7 Å². The van der Waals surface area contributed by atoms with E-state index in [1.807, 2.05) is 19.4 Å². The zero-order valence-electron chi connectivity index (χ0n) is 10.9. The van der Waals surface area contributed by atoms with Crippen LogP contribution < -0.4 is 5.32 Å². The summed E-state index contributed by atoms with van der Waals surface area (Å²) < 4.78 is 2.09. The lowest BCUT2D eigenvalue weighted by Crippen LogP contribution is -2.33. The van der Waals surface area contributed by atoms with Gasteiger partial charge in [0.15, 0.2) is 0 Å². The molecule has 1 aliphatic heterocycles. The van der Waals surface area contributed by atoms with Crippen molar-refractivity contribution in [3.05, 3.63) is 29.9 Å². The van der Waals surface area contributed by atoms with Crippen LogP contribution in [0.15, 0.2) is 24.0 Å². The summed E-state index contributed by atoms with van der Waals surface area (Å²) in [6.07, 6.45) is 12.4. The second-order valence-electron chi connectivity index (χ2n) is 5.06. The van der Waals surface area contributed by atoms with Crippen LogP contribution in [0.2, 0.25) is 0 Å². The Morgan fingerprint density at radius 1 is 1.59 bits per heavy atom. The normalized spacial score (nSPS) is 21.8. The van der Waals surface area contributed by atoms with Crippen LogP contribution in [0.4, 0.5) is 0 Å². The first-order valence-corrected chi connectivity index (χ1v) is 6.61. The minimum Gasteiger partial charge on any atom is -0.338 e. The molecule has 0 bridgehead atoms. The maximum absolute atomic E-state index is 4.34. The Morgan fingerprint density at radius 2 is 2.47 bits per heavy atom. The highest BCUT2D eigenvalue weighted by Crippen LogP contribution is 2.15. The van der Waals surface area contributed by atoms with Crippen molar-refractivity contribution in [2.45, 2.75) is 45.1 Å². The average molecular weight is 233 g/mol. The Morgan fingerprint density at radius 3 is 3.12 bits per heavy atom. The lowest BCUT2D eigenvalue weighted by atomic mass is 9.98. The Hall–Kier alpha value is -1.09. The van der Waals surface area contributed by atoms with Crippen LogP contribution in [0.3, 0.4) is 0 Å². The summed E-state index contributed by atoms with van der Waals surface area (Å²) in [5, 5.41) is 3.59. The van der Waals surface area contributed by atoms with E-state index in [1.54, 1.807) is 0 Å². The third kappa shape index (κ3) is 3.70. The summed E-state index contributed by atoms with van der Waals surface area (Å²) in [6, 6.07) is 0.696. The van der Waals surface area contributed by atoms with Crippen molar-refractivity contribution >= 4 is 0 Å². The lowest BCUT2D eigenvalue weighted by Gasteiger charge is -2.23. The van der Waals surface area contributed by atoms with E-state index in [1.165, 1.54) is 37.8 Å². The molecule has 1 atom stereocenters. The van der Waals surface area contributed by atoms with Gasteiger partial charge < -0.3 is 9.88 Å². The molecular weight excluding hydrogens is 210 g/mol. The van der Waals surface area contributed by atoms with Crippen LogP contribution in [-0.2, 0) is 13.5 Å². The second kappa shape index (κ2) is 6.01. The summed E-state index contributed by atoms with van der Waals surface area (Å²) >= 11 is 0. The van der Waals surface area contributed by atoms with Crippen LogP contribution in [0.25, 0.3) is 0 Å². The van der Waals surface area contributed by atoms with Gasteiger partial charge in [0.2, 0.25) is 0 Å². The summed E-state index contributed by atoms with van der Waals surface area (Å²) in [4.78, 5) is 4.34. The van der Waals surface area contributed by atoms with E-state index in [-0.39, 0.29) is 0 Å². The van der Waals surface area contributed by atoms with Gasteiger partial charge in [-0.3, -0.25) is 0 Å². The predicted molar refractivity (Wildman–Crippen MR) is 70.9 cm³/mol. The molecule has 2 rings (SSSR count). The summed E-state index contributed by atoms with van der Waals surface area (Å²) in [6.45, 7) is 3.43. The largest absolute Gasteiger partial charge is 0.338 e. The van der Waals surface area contributed by atoms with Crippen LogP contribution in [0.1, 0.15) is 38.4 Å². The minimum atomic E-state index is 0.696. The number of piperidine rings is 1. The number of aryl methyl sites for hydroxylation is 1. The highest BCUT2D eigenvalue weighted by molar-refractivity contribution is 5.07. The lowest BCUT2D eigenvalue weighted by molar-refractivity contribution is 0.398. The van der Waals surface area contributed by atoms with Crippen LogP contribution in [-0.4, -0.2) is 22.1 Å². The molecule has 0 spiro atoms. The Labute approximate surface area is 104 Å². The number of hydrogen-bond acceptors (Lipinski definition) is 2. The fourth-order valence-corrected chi connectivity index (χ4v) is 2.43. The standard InChI is InChI=1S/C14H23N3/c1-12(11-13-5-3-4-8-15-13)6-7-14-16-9-10-17(14)2/h6,9-10,13,15H,3-5,7-8,11H2,1-2H3/b12-6-. The van der Waals surface area contributed by atoms with Crippen molar-refractivity contribution in [1.82, 2.24) is 14.9 Å². The molecule has 3 nitrogen and oxygen atoms in total. The smallest absolute Gasteiger partial charge is 0.112 e. The van der Waals surface area contributed by atoms with E-state index in [0.717, 1.165) is 12.2 Å². The Balaban J connectivity index is 1.82. The third-order valence-electron chi connectivity index (χ3n) is 3.53. The molecule has 94 valence electrons. The quantitative estimate of drug-likeness (QED) is 0.810. The minimum absolute atomic E-state index is 0.696. The van der Waals surface area contributed by atoms with Crippen molar-refractivity contribution < 1.29 is 0 Å². The topological polar surface area (TPSA) is 29.9 Å². The molecule has 0 radical (unpaired) electrons. The highest BCUT2D eigenvalue weighted by Gasteiger charge is 2.12. The van der Waals surface area contributed by atoms with Gasteiger partial charge in [0, 0.05) is 31.9 Å². The van der Waals surface area contributed by atoms with E-state index in [9.17, 15) is 0 Å². The molecule has 1 fully saturated rings. The SMILES string of the molecule is C/C(=C/Cc1nccn1C)CC1CCCCN1. The van der Waals surface area contributed by atoms with E-state index in [0.29, 0.717) is 6.04 Å². The zero-order valence-corrected chi connectivity index (χ0v) is 10.9. The van der Waals surface area contributed by atoms with Gasteiger partial charge in [-0.15, -0.1) is 0 Å². The average Bonchev–Trinajstić information content (AvgIpc) is 2.74. The molecule has 0 aromatic carbocycles. The Kier molecular flexibility index (Phi) is 4.37. The first-order valence-electron chi connectivity index (χ1n) is 6.61. The van der Waals surface area contributed by atoms with Gasteiger partial charge >= 0.3 is 0 Å². The van der Waals surface area contributed by atoms with E-state index in [4.69, 9.17) is 0 Å². The van der Waals surface area contributed by atoms with Crippen molar-refractivity contribution in [2.75, 3.05) is 6.54 Å². The Bertz CT molecular complexity index is 373. The molecule has 1 aromatic rings.